The van der Waals surface area contributed by atoms with Crippen LogP contribution >= 0.6 is 0 Å². The molecule has 0 bridgehead atoms. The second kappa shape index (κ2) is 6.91. The van der Waals surface area contributed by atoms with Gasteiger partial charge in [-0.05, 0) is 50.8 Å². The minimum absolute atomic E-state index is 0.351. The van der Waals surface area contributed by atoms with Gasteiger partial charge in [0.2, 0.25) is 0 Å². The van der Waals surface area contributed by atoms with E-state index in [4.69, 9.17) is 0 Å². The van der Waals surface area contributed by atoms with Crippen molar-refractivity contribution in [3.05, 3.63) is 70.3 Å². The van der Waals surface area contributed by atoms with E-state index in [0.717, 1.165) is 6.42 Å². The zero-order valence-electron chi connectivity index (χ0n) is 13.9. The SMILES string of the molecule is CCc1ccc(C(C)NC(C)c2cc(C)cc(C)c2)cc1. The van der Waals surface area contributed by atoms with Crippen LogP contribution in [0.1, 0.15) is 60.7 Å². The molecule has 0 heterocycles. The Kier molecular flexibility index (Phi) is 5.19. The van der Waals surface area contributed by atoms with Crippen LogP contribution in [-0.2, 0) is 6.42 Å². The molecule has 1 heteroatoms. The molecule has 1 N–H and O–H groups in total. The van der Waals surface area contributed by atoms with Gasteiger partial charge in [-0.2, -0.15) is 0 Å². The minimum atomic E-state index is 0.351. The third-order valence-corrected chi connectivity index (χ3v) is 4.13. The first-order valence-corrected chi connectivity index (χ1v) is 7.92. The van der Waals surface area contributed by atoms with E-state index in [9.17, 15) is 0 Å². The lowest BCUT2D eigenvalue weighted by Gasteiger charge is -2.22. The molecule has 2 unspecified atom stereocenters. The van der Waals surface area contributed by atoms with Gasteiger partial charge >= 0.3 is 0 Å². The fourth-order valence-electron chi connectivity index (χ4n) is 2.87. The van der Waals surface area contributed by atoms with Gasteiger partial charge in [0.1, 0.15) is 0 Å². The molecule has 0 aromatic heterocycles. The van der Waals surface area contributed by atoms with Gasteiger partial charge in [0.05, 0.1) is 0 Å². The quantitative estimate of drug-likeness (QED) is 0.786. The summed E-state index contributed by atoms with van der Waals surface area (Å²) in [5.74, 6) is 0. The van der Waals surface area contributed by atoms with E-state index >= 15 is 0 Å². The van der Waals surface area contributed by atoms with Crippen molar-refractivity contribution < 1.29 is 0 Å². The Hall–Kier alpha value is -1.60. The van der Waals surface area contributed by atoms with Crippen molar-refractivity contribution in [3.63, 3.8) is 0 Å². The van der Waals surface area contributed by atoms with Gasteiger partial charge < -0.3 is 5.32 Å². The summed E-state index contributed by atoms with van der Waals surface area (Å²) in [7, 11) is 0. The summed E-state index contributed by atoms with van der Waals surface area (Å²) in [6.07, 6.45) is 1.10. The van der Waals surface area contributed by atoms with Crippen LogP contribution in [0.2, 0.25) is 0 Å². The summed E-state index contributed by atoms with van der Waals surface area (Å²) in [6, 6.07) is 16.4. The Morgan fingerprint density at radius 1 is 0.810 bits per heavy atom. The van der Waals surface area contributed by atoms with Gasteiger partial charge in [-0.1, -0.05) is 60.5 Å². The van der Waals surface area contributed by atoms with Crippen LogP contribution in [0, 0.1) is 13.8 Å². The Morgan fingerprint density at radius 3 is 1.86 bits per heavy atom. The fourth-order valence-corrected chi connectivity index (χ4v) is 2.87. The lowest BCUT2D eigenvalue weighted by molar-refractivity contribution is 0.494. The largest absolute Gasteiger partial charge is 0.304 e. The Labute approximate surface area is 129 Å². The minimum Gasteiger partial charge on any atom is -0.304 e. The second-order valence-electron chi connectivity index (χ2n) is 6.13. The van der Waals surface area contributed by atoms with Gasteiger partial charge in [-0.15, -0.1) is 0 Å². The number of rotatable bonds is 5. The molecule has 2 aromatic rings. The van der Waals surface area contributed by atoms with E-state index in [1.165, 1.54) is 27.8 Å². The Bertz CT molecular complexity index is 563. The summed E-state index contributed by atoms with van der Waals surface area (Å²) < 4.78 is 0. The maximum atomic E-state index is 3.70. The van der Waals surface area contributed by atoms with Crippen LogP contribution in [0.5, 0.6) is 0 Å². The molecule has 0 aliphatic rings. The Morgan fingerprint density at radius 2 is 1.33 bits per heavy atom. The van der Waals surface area contributed by atoms with Crippen LogP contribution in [0.25, 0.3) is 0 Å². The molecule has 0 amide bonds. The second-order valence-corrected chi connectivity index (χ2v) is 6.13. The van der Waals surface area contributed by atoms with Gasteiger partial charge in [0.15, 0.2) is 0 Å². The van der Waals surface area contributed by atoms with Crippen molar-refractivity contribution in [2.75, 3.05) is 0 Å². The molecule has 2 atom stereocenters. The van der Waals surface area contributed by atoms with Gasteiger partial charge in [-0.3, -0.25) is 0 Å². The zero-order valence-corrected chi connectivity index (χ0v) is 13.9. The van der Waals surface area contributed by atoms with Crippen LogP contribution in [0.3, 0.4) is 0 Å². The Balaban J connectivity index is 2.08. The molecule has 0 saturated heterocycles. The first kappa shape index (κ1) is 15.8. The molecule has 2 rings (SSSR count). The van der Waals surface area contributed by atoms with Gasteiger partial charge in [-0.25, -0.2) is 0 Å². The topological polar surface area (TPSA) is 12.0 Å². The highest BCUT2D eigenvalue weighted by Gasteiger charge is 2.11. The first-order chi connectivity index (χ1) is 9.99. The molecule has 1 nitrogen and oxygen atoms in total. The molecule has 0 aliphatic carbocycles. The summed E-state index contributed by atoms with van der Waals surface area (Å²) in [6.45, 7) is 11.0. The third kappa shape index (κ3) is 4.18. The van der Waals surface area contributed by atoms with Crippen LogP contribution < -0.4 is 5.32 Å². The normalized spacial score (nSPS) is 14.0. The van der Waals surface area contributed by atoms with Gasteiger partial charge in [0, 0.05) is 12.1 Å². The van der Waals surface area contributed by atoms with E-state index in [1.807, 2.05) is 0 Å². The molecule has 2 aromatic carbocycles. The zero-order chi connectivity index (χ0) is 15.4. The van der Waals surface area contributed by atoms with Crippen LogP contribution in [-0.4, -0.2) is 0 Å². The first-order valence-electron chi connectivity index (χ1n) is 7.92. The van der Waals surface area contributed by atoms with Crippen molar-refractivity contribution >= 4 is 0 Å². The van der Waals surface area contributed by atoms with E-state index < -0.39 is 0 Å². The molecule has 0 fully saturated rings. The average molecular weight is 281 g/mol. The lowest BCUT2D eigenvalue weighted by Crippen LogP contribution is -2.22. The summed E-state index contributed by atoms with van der Waals surface area (Å²) in [5, 5.41) is 3.70. The van der Waals surface area contributed by atoms with Crippen molar-refractivity contribution in [2.24, 2.45) is 0 Å². The number of hydrogen-bond donors (Lipinski definition) is 1. The van der Waals surface area contributed by atoms with Crippen LogP contribution in [0.15, 0.2) is 42.5 Å². The highest BCUT2D eigenvalue weighted by molar-refractivity contribution is 5.31. The molecule has 21 heavy (non-hydrogen) atoms. The fraction of sp³-hybridized carbons (Fsp3) is 0.400. The highest BCUT2D eigenvalue weighted by atomic mass is 14.9. The molecule has 0 spiro atoms. The predicted octanol–water partition coefficient (Wildman–Crippen LogP) is 5.28. The molecule has 112 valence electrons. The number of nitrogens with one attached hydrogen (secondary N) is 1. The monoisotopic (exact) mass is 281 g/mol. The standard InChI is InChI=1S/C20H27N/c1-6-18-7-9-19(10-8-18)16(4)21-17(5)20-12-14(2)11-15(3)13-20/h7-13,16-17,21H,6H2,1-5H3. The summed E-state index contributed by atoms with van der Waals surface area (Å²) >= 11 is 0. The summed E-state index contributed by atoms with van der Waals surface area (Å²) in [5.41, 5.74) is 6.78. The molecule has 0 saturated carbocycles. The van der Waals surface area contributed by atoms with Crippen molar-refractivity contribution in [3.8, 4) is 0 Å². The molecule has 0 radical (unpaired) electrons. The van der Waals surface area contributed by atoms with E-state index in [2.05, 4.69) is 82.4 Å². The van der Waals surface area contributed by atoms with E-state index in [1.54, 1.807) is 0 Å². The number of benzene rings is 2. The van der Waals surface area contributed by atoms with Gasteiger partial charge in [0.25, 0.3) is 0 Å². The van der Waals surface area contributed by atoms with E-state index in [0.29, 0.717) is 12.1 Å². The number of aryl methyl sites for hydroxylation is 3. The summed E-state index contributed by atoms with van der Waals surface area (Å²) in [4.78, 5) is 0. The number of hydrogen-bond acceptors (Lipinski definition) is 1. The maximum absolute atomic E-state index is 3.70. The third-order valence-electron chi connectivity index (χ3n) is 4.13. The molecule has 0 aliphatic heterocycles. The van der Waals surface area contributed by atoms with Crippen LogP contribution in [0.4, 0.5) is 0 Å². The van der Waals surface area contributed by atoms with Crippen molar-refractivity contribution in [2.45, 2.75) is 53.1 Å². The van der Waals surface area contributed by atoms with E-state index in [-0.39, 0.29) is 0 Å². The maximum Gasteiger partial charge on any atom is 0.0297 e. The predicted molar refractivity (Wildman–Crippen MR) is 91.7 cm³/mol. The van der Waals surface area contributed by atoms with Crippen molar-refractivity contribution in [1.29, 1.82) is 0 Å². The molecular formula is C20H27N. The highest BCUT2D eigenvalue weighted by Crippen LogP contribution is 2.21. The average Bonchev–Trinajstić information content (AvgIpc) is 2.46. The van der Waals surface area contributed by atoms with Crippen molar-refractivity contribution in [1.82, 2.24) is 5.32 Å². The smallest absolute Gasteiger partial charge is 0.0297 e. The lowest BCUT2D eigenvalue weighted by atomic mass is 10.00. The molecular weight excluding hydrogens is 254 g/mol.